The average molecular weight is 389 g/mol. The van der Waals surface area contributed by atoms with Crippen LogP contribution in [0.25, 0.3) is 10.6 Å². The largest absolute Gasteiger partial charge is 0.399 e. The summed E-state index contributed by atoms with van der Waals surface area (Å²) in [6.45, 7) is 7.04. The first-order valence-electron chi connectivity index (χ1n) is 9.61. The van der Waals surface area contributed by atoms with Crippen LogP contribution in [0.1, 0.15) is 35.1 Å². The van der Waals surface area contributed by atoms with Gasteiger partial charge in [-0.25, -0.2) is 4.98 Å². The van der Waals surface area contributed by atoms with Crippen LogP contribution in [0.15, 0.2) is 24.3 Å². The molecule has 0 saturated carbocycles. The van der Waals surface area contributed by atoms with Crippen LogP contribution >= 0.6 is 11.3 Å². The van der Waals surface area contributed by atoms with Gasteiger partial charge in [0.1, 0.15) is 9.88 Å². The zero-order chi connectivity index (χ0) is 19.1. The number of morpholine rings is 1. The third kappa shape index (κ3) is 5.51. The lowest BCUT2D eigenvalue weighted by atomic mass is 10.1. The van der Waals surface area contributed by atoms with E-state index in [1.807, 2.05) is 24.3 Å². The van der Waals surface area contributed by atoms with Crippen molar-refractivity contribution in [1.29, 1.82) is 0 Å². The Bertz CT molecular complexity index is 739. The maximum Gasteiger partial charge on any atom is 0.263 e. The zero-order valence-corrected chi connectivity index (χ0v) is 16.7. The Kier molecular flexibility index (Phi) is 7.20. The van der Waals surface area contributed by atoms with E-state index in [2.05, 4.69) is 17.1 Å². The third-order valence-electron chi connectivity index (χ3n) is 4.65. The topological polar surface area (TPSA) is 80.5 Å². The number of nitrogen functional groups attached to an aromatic ring is 1. The van der Waals surface area contributed by atoms with E-state index < -0.39 is 0 Å². The molecule has 2 heterocycles. The molecule has 1 aliphatic heterocycles. The Hall–Kier alpha value is -1.96. The van der Waals surface area contributed by atoms with Crippen LogP contribution in [0.2, 0.25) is 0 Å². The van der Waals surface area contributed by atoms with E-state index in [4.69, 9.17) is 15.5 Å². The van der Waals surface area contributed by atoms with E-state index in [-0.39, 0.29) is 5.91 Å². The third-order valence-corrected chi connectivity index (χ3v) is 5.79. The van der Waals surface area contributed by atoms with Crippen molar-refractivity contribution < 1.29 is 9.53 Å². The molecule has 1 aliphatic rings. The van der Waals surface area contributed by atoms with Crippen LogP contribution in [0.5, 0.6) is 0 Å². The van der Waals surface area contributed by atoms with Crippen LogP contribution in [0.3, 0.4) is 0 Å². The molecule has 2 aromatic rings. The fourth-order valence-corrected chi connectivity index (χ4v) is 4.06. The summed E-state index contributed by atoms with van der Waals surface area (Å²) in [5.74, 6) is -0.0199. The number of nitrogens with two attached hydrogens (primary N) is 1. The number of carbonyl (C=O) groups is 1. The molecular formula is C20H28N4O2S. The lowest BCUT2D eigenvalue weighted by Crippen LogP contribution is -2.41. The Morgan fingerprint density at radius 1 is 1.30 bits per heavy atom. The van der Waals surface area contributed by atoms with Crippen LogP contribution in [-0.2, 0) is 11.2 Å². The van der Waals surface area contributed by atoms with Crippen molar-refractivity contribution in [2.75, 3.05) is 45.1 Å². The molecule has 1 amide bonds. The van der Waals surface area contributed by atoms with Crippen molar-refractivity contribution in [3.63, 3.8) is 0 Å². The summed E-state index contributed by atoms with van der Waals surface area (Å²) < 4.78 is 5.36. The van der Waals surface area contributed by atoms with Crippen molar-refractivity contribution >= 4 is 22.9 Å². The van der Waals surface area contributed by atoms with Crippen molar-refractivity contribution in [3.8, 4) is 10.6 Å². The summed E-state index contributed by atoms with van der Waals surface area (Å²) >= 11 is 1.47. The van der Waals surface area contributed by atoms with Crippen molar-refractivity contribution in [2.45, 2.75) is 26.2 Å². The highest BCUT2D eigenvalue weighted by Crippen LogP contribution is 2.29. The molecule has 1 aromatic carbocycles. The van der Waals surface area contributed by atoms with Crippen molar-refractivity contribution in [3.05, 3.63) is 34.8 Å². The van der Waals surface area contributed by atoms with Crippen LogP contribution in [-0.4, -0.2) is 55.2 Å². The van der Waals surface area contributed by atoms with Gasteiger partial charge in [-0.05, 0) is 37.1 Å². The van der Waals surface area contributed by atoms with E-state index in [1.54, 1.807) is 0 Å². The number of thiazole rings is 1. The molecule has 0 unspecified atom stereocenters. The highest BCUT2D eigenvalue weighted by Gasteiger charge is 2.19. The molecule has 27 heavy (non-hydrogen) atoms. The minimum atomic E-state index is -0.0199. The molecule has 0 bridgehead atoms. The summed E-state index contributed by atoms with van der Waals surface area (Å²) in [5.41, 5.74) is 8.40. The smallest absolute Gasteiger partial charge is 0.263 e. The fourth-order valence-electron chi connectivity index (χ4n) is 3.02. The number of aryl methyl sites for hydroxylation is 1. The van der Waals surface area contributed by atoms with Gasteiger partial charge in [0, 0.05) is 37.4 Å². The summed E-state index contributed by atoms with van der Waals surface area (Å²) in [6.07, 6.45) is 2.93. The number of hydrogen-bond acceptors (Lipinski definition) is 6. The fraction of sp³-hybridized carbons (Fsp3) is 0.500. The van der Waals surface area contributed by atoms with Gasteiger partial charge in [-0.15, -0.1) is 11.3 Å². The molecule has 146 valence electrons. The van der Waals surface area contributed by atoms with Crippen LogP contribution in [0.4, 0.5) is 5.69 Å². The lowest BCUT2D eigenvalue weighted by molar-refractivity contribution is 0.0383. The van der Waals surface area contributed by atoms with Gasteiger partial charge in [0.25, 0.3) is 5.91 Å². The second-order valence-electron chi connectivity index (χ2n) is 6.73. The molecule has 3 rings (SSSR count). The average Bonchev–Trinajstić information content (AvgIpc) is 3.12. The minimum Gasteiger partial charge on any atom is -0.399 e. The number of amides is 1. The Morgan fingerprint density at radius 2 is 2.04 bits per heavy atom. The molecule has 7 heteroatoms. The number of rotatable bonds is 8. The van der Waals surface area contributed by atoms with Gasteiger partial charge in [-0.1, -0.05) is 13.3 Å². The van der Waals surface area contributed by atoms with Gasteiger partial charge in [0.05, 0.1) is 18.9 Å². The maximum atomic E-state index is 12.8. The first-order valence-corrected chi connectivity index (χ1v) is 10.4. The number of carbonyl (C=O) groups excluding carboxylic acids is 1. The number of aromatic nitrogens is 1. The van der Waals surface area contributed by atoms with E-state index in [9.17, 15) is 4.79 Å². The summed E-state index contributed by atoms with van der Waals surface area (Å²) in [4.78, 5) is 20.6. The first kappa shape index (κ1) is 19.8. The number of nitrogens with zero attached hydrogens (tertiary/aromatic N) is 2. The number of nitrogens with one attached hydrogen (secondary N) is 1. The second-order valence-corrected chi connectivity index (χ2v) is 7.73. The normalized spacial score (nSPS) is 15.0. The number of ether oxygens (including phenoxy) is 1. The summed E-state index contributed by atoms with van der Waals surface area (Å²) in [5, 5.41) is 3.94. The van der Waals surface area contributed by atoms with Gasteiger partial charge >= 0.3 is 0 Å². The zero-order valence-electron chi connectivity index (χ0n) is 15.9. The maximum absolute atomic E-state index is 12.8. The highest BCUT2D eigenvalue weighted by molar-refractivity contribution is 7.17. The van der Waals surface area contributed by atoms with Gasteiger partial charge in [-0.2, -0.15) is 0 Å². The standard InChI is InChI=1S/C20H28N4O2S/c1-2-3-4-17-18(19(25)22-9-10-24-11-13-26-14-12-24)27-20(23-17)15-5-7-16(21)8-6-15/h5-8H,2-4,9-14,21H2,1H3,(H,22,25). The van der Waals surface area contributed by atoms with Crippen molar-refractivity contribution in [2.24, 2.45) is 0 Å². The molecule has 0 aliphatic carbocycles. The quantitative estimate of drug-likeness (QED) is 0.680. The molecule has 0 atom stereocenters. The predicted molar refractivity (Wildman–Crippen MR) is 110 cm³/mol. The highest BCUT2D eigenvalue weighted by atomic mass is 32.1. The van der Waals surface area contributed by atoms with Gasteiger partial charge in [-0.3, -0.25) is 9.69 Å². The van der Waals surface area contributed by atoms with Gasteiger partial charge in [0.15, 0.2) is 0 Å². The van der Waals surface area contributed by atoms with Gasteiger partial charge in [0.2, 0.25) is 0 Å². The number of anilines is 1. The van der Waals surface area contributed by atoms with Crippen molar-refractivity contribution in [1.82, 2.24) is 15.2 Å². The molecule has 3 N–H and O–H groups in total. The Morgan fingerprint density at radius 3 is 2.74 bits per heavy atom. The predicted octanol–water partition coefficient (Wildman–Crippen LogP) is 2.80. The number of benzene rings is 1. The number of hydrogen-bond donors (Lipinski definition) is 2. The minimum absolute atomic E-state index is 0.0199. The SMILES string of the molecule is CCCCc1nc(-c2ccc(N)cc2)sc1C(=O)NCCN1CCOCC1. The molecule has 1 aromatic heterocycles. The molecule has 0 spiro atoms. The van der Waals surface area contributed by atoms with E-state index in [1.165, 1.54) is 11.3 Å². The molecule has 0 radical (unpaired) electrons. The molecule has 1 fully saturated rings. The molecule has 6 nitrogen and oxygen atoms in total. The van der Waals surface area contributed by atoms with E-state index in [0.717, 1.165) is 78.9 Å². The summed E-state index contributed by atoms with van der Waals surface area (Å²) in [7, 11) is 0. The Labute approximate surface area is 164 Å². The molecular weight excluding hydrogens is 360 g/mol. The number of unbranched alkanes of at least 4 members (excludes halogenated alkanes) is 1. The monoisotopic (exact) mass is 388 g/mol. The van der Waals surface area contributed by atoms with Gasteiger partial charge < -0.3 is 15.8 Å². The summed E-state index contributed by atoms with van der Waals surface area (Å²) in [6, 6.07) is 7.64. The van der Waals surface area contributed by atoms with E-state index in [0.29, 0.717) is 6.54 Å². The van der Waals surface area contributed by atoms with Crippen LogP contribution < -0.4 is 11.1 Å². The molecule has 1 saturated heterocycles. The van der Waals surface area contributed by atoms with E-state index >= 15 is 0 Å². The Balaban J connectivity index is 1.67. The van der Waals surface area contributed by atoms with Crippen LogP contribution in [0, 0.1) is 0 Å². The lowest BCUT2D eigenvalue weighted by Gasteiger charge is -2.26. The first-order chi connectivity index (χ1) is 13.2. The second kappa shape index (κ2) is 9.82.